The van der Waals surface area contributed by atoms with E-state index in [1.807, 2.05) is 6.92 Å². The van der Waals surface area contributed by atoms with Crippen molar-refractivity contribution < 1.29 is 14.7 Å². The molecule has 1 aliphatic rings. The molecule has 0 radical (unpaired) electrons. The number of hydrogen-bond donors (Lipinski definition) is 3. The topological polar surface area (TPSA) is 92.4 Å². The Labute approximate surface area is 108 Å². The molecule has 0 saturated heterocycles. The third-order valence-electron chi connectivity index (χ3n) is 3.82. The van der Waals surface area contributed by atoms with Gasteiger partial charge in [-0.1, -0.05) is 26.7 Å². The van der Waals surface area contributed by atoms with Gasteiger partial charge in [0, 0.05) is 5.92 Å². The van der Waals surface area contributed by atoms with Crippen molar-refractivity contribution in [2.45, 2.75) is 51.5 Å². The second-order valence-corrected chi connectivity index (χ2v) is 5.56. The third-order valence-corrected chi connectivity index (χ3v) is 3.82. The zero-order valence-electron chi connectivity index (χ0n) is 11.2. The number of rotatable bonds is 5. The molecule has 0 aromatic rings. The van der Waals surface area contributed by atoms with Crippen molar-refractivity contribution in [2.24, 2.45) is 17.6 Å². The van der Waals surface area contributed by atoms with Crippen LogP contribution < -0.4 is 11.1 Å². The summed E-state index contributed by atoms with van der Waals surface area (Å²) in [5.41, 5.74) is 4.35. The van der Waals surface area contributed by atoms with Crippen molar-refractivity contribution in [1.29, 1.82) is 0 Å². The Balaban J connectivity index is 2.74. The van der Waals surface area contributed by atoms with Crippen molar-refractivity contribution in [1.82, 2.24) is 5.32 Å². The van der Waals surface area contributed by atoms with Gasteiger partial charge >= 0.3 is 5.97 Å². The zero-order chi connectivity index (χ0) is 13.8. The van der Waals surface area contributed by atoms with Gasteiger partial charge in [-0.2, -0.15) is 0 Å². The van der Waals surface area contributed by atoms with Crippen molar-refractivity contribution in [2.75, 3.05) is 6.54 Å². The maximum absolute atomic E-state index is 12.0. The van der Waals surface area contributed by atoms with Crippen LogP contribution in [0.3, 0.4) is 0 Å². The zero-order valence-corrected chi connectivity index (χ0v) is 11.2. The Morgan fingerprint density at radius 2 is 2.22 bits per heavy atom. The summed E-state index contributed by atoms with van der Waals surface area (Å²) in [4.78, 5) is 23.5. The predicted molar refractivity (Wildman–Crippen MR) is 69.0 cm³/mol. The van der Waals surface area contributed by atoms with Crippen LogP contribution in [0.5, 0.6) is 0 Å². The van der Waals surface area contributed by atoms with Crippen LogP contribution in [0.1, 0.15) is 46.0 Å². The van der Waals surface area contributed by atoms with E-state index in [1.165, 1.54) is 0 Å². The molecule has 0 spiro atoms. The minimum Gasteiger partial charge on any atom is -0.480 e. The fraction of sp³-hybridized carbons (Fsp3) is 0.846. The first kappa shape index (κ1) is 15.0. The SMILES string of the molecule is CC1CCCC(NC(=O)C(C)CCN)(C(=O)O)C1. The Bertz CT molecular complexity index is 319. The van der Waals surface area contributed by atoms with E-state index in [4.69, 9.17) is 5.73 Å². The van der Waals surface area contributed by atoms with Crippen LogP contribution >= 0.6 is 0 Å². The molecule has 5 heteroatoms. The lowest BCUT2D eigenvalue weighted by Crippen LogP contribution is -2.57. The Kier molecular flexibility index (Phi) is 5.14. The summed E-state index contributed by atoms with van der Waals surface area (Å²) in [6, 6.07) is 0. The van der Waals surface area contributed by atoms with E-state index in [0.29, 0.717) is 31.7 Å². The molecule has 1 saturated carbocycles. The summed E-state index contributed by atoms with van der Waals surface area (Å²) >= 11 is 0. The van der Waals surface area contributed by atoms with Crippen LogP contribution in [0, 0.1) is 11.8 Å². The molecule has 3 unspecified atom stereocenters. The lowest BCUT2D eigenvalue weighted by molar-refractivity contribution is -0.150. The summed E-state index contributed by atoms with van der Waals surface area (Å²) in [6.45, 7) is 4.25. The average Bonchev–Trinajstić information content (AvgIpc) is 2.29. The van der Waals surface area contributed by atoms with Gasteiger partial charge in [-0.15, -0.1) is 0 Å². The lowest BCUT2D eigenvalue weighted by Gasteiger charge is -2.37. The minimum atomic E-state index is -1.07. The summed E-state index contributed by atoms with van der Waals surface area (Å²) < 4.78 is 0. The molecule has 0 aliphatic heterocycles. The predicted octanol–water partition coefficient (Wildman–Crippen LogP) is 1.12. The van der Waals surface area contributed by atoms with Gasteiger partial charge in [0.25, 0.3) is 0 Å². The molecular weight excluding hydrogens is 232 g/mol. The Morgan fingerprint density at radius 3 is 2.72 bits per heavy atom. The van der Waals surface area contributed by atoms with Gasteiger partial charge in [0.15, 0.2) is 0 Å². The van der Waals surface area contributed by atoms with E-state index in [-0.39, 0.29) is 11.8 Å². The minimum absolute atomic E-state index is 0.197. The summed E-state index contributed by atoms with van der Waals surface area (Å²) in [7, 11) is 0. The molecule has 0 aromatic carbocycles. The van der Waals surface area contributed by atoms with Gasteiger partial charge in [-0.25, -0.2) is 4.79 Å². The molecule has 3 atom stereocenters. The highest BCUT2D eigenvalue weighted by atomic mass is 16.4. The highest BCUT2D eigenvalue weighted by molar-refractivity contribution is 5.88. The van der Waals surface area contributed by atoms with Gasteiger partial charge in [-0.3, -0.25) is 4.79 Å². The molecule has 104 valence electrons. The van der Waals surface area contributed by atoms with Crippen LogP contribution in [0.2, 0.25) is 0 Å². The van der Waals surface area contributed by atoms with Crippen LogP contribution in [0.25, 0.3) is 0 Å². The van der Waals surface area contributed by atoms with Crippen molar-refractivity contribution in [3.63, 3.8) is 0 Å². The van der Waals surface area contributed by atoms with Crippen LogP contribution in [0.15, 0.2) is 0 Å². The summed E-state index contributed by atoms with van der Waals surface area (Å²) in [6.07, 6.45) is 3.50. The molecule has 1 aliphatic carbocycles. The maximum Gasteiger partial charge on any atom is 0.329 e. The monoisotopic (exact) mass is 256 g/mol. The second-order valence-electron chi connectivity index (χ2n) is 5.56. The smallest absolute Gasteiger partial charge is 0.329 e. The van der Waals surface area contributed by atoms with Crippen LogP contribution in [-0.4, -0.2) is 29.1 Å². The molecule has 0 aromatic heterocycles. The number of hydrogen-bond acceptors (Lipinski definition) is 3. The van der Waals surface area contributed by atoms with Crippen molar-refractivity contribution in [3.05, 3.63) is 0 Å². The summed E-state index contributed by atoms with van der Waals surface area (Å²) in [5.74, 6) is -1.01. The van der Waals surface area contributed by atoms with E-state index in [1.54, 1.807) is 6.92 Å². The molecule has 4 N–H and O–H groups in total. The number of nitrogens with two attached hydrogens (primary N) is 1. The fourth-order valence-corrected chi connectivity index (χ4v) is 2.65. The van der Waals surface area contributed by atoms with Gasteiger partial charge in [0.05, 0.1) is 0 Å². The van der Waals surface area contributed by atoms with Gasteiger partial charge in [0.1, 0.15) is 5.54 Å². The number of amides is 1. The van der Waals surface area contributed by atoms with Gasteiger partial charge in [-0.05, 0) is 31.7 Å². The number of nitrogens with one attached hydrogen (secondary N) is 1. The molecule has 5 nitrogen and oxygen atoms in total. The van der Waals surface area contributed by atoms with Crippen molar-refractivity contribution >= 4 is 11.9 Å². The maximum atomic E-state index is 12.0. The Morgan fingerprint density at radius 1 is 1.56 bits per heavy atom. The molecule has 18 heavy (non-hydrogen) atoms. The normalized spacial score (nSPS) is 29.6. The number of carboxylic acids is 1. The molecule has 1 amide bonds. The second kappa shape index (κ2) is 6.18. The molecule has 1 fully saturated rings. The fourth-order valence-electron chi connectivity index (χ4n) is 2.65. The highest BCUT2D eigenvalue weighted by Gasteiger charge is 2.43. The first-order valence-corrected chi connectivity index (χ1v) is 6.67. The first-order chi connectivity index (χ1) is 8.41. The van der Waals surface area contributed by atoms with E-state index in [0.717, 1.165) is 12.8 Å². The number of carbonyl (C=O) groups is 2. The standard InChI is InChI=1S/C13H24N2O3/c1-9-4-3-6-13(8-9,12(17)18)15-11(16)10(2)5-7-14/h9-10H,3-8,14H2,1-2H3,(H,15,16)(H,17,18). The van der Waals surface area contributed by atoms with E-state index < -0.39 is 11.5 Å². The van der Waals surface area contributed by atoms with E-state index in [2.05, 4.69) is 5.32 Å². The number of carboxylic acid groups (broad SMARTS) is 1. The van der Waals surface area contributed by atoms with Gasteiger partial charge < -0.3 is 16.2 Å². The molecular formula is C13H24N2O3. The third kappa shape index (κ3) is 3.45. The van der Waals surface area contributed by atoms with Crippen LogP contribution in [-0.2, 0) is 9.59 Å². The quantitative estimate of drug-likeness (QED) is 0.687. The summed E-state index contributed by atoms with van der Waals surface area (Å²) in [5, 5.41) is 12.2. The number of aliphatic carboxylic acids is 1. The van der Waals surface area contributed by atoms with Crippen molar-refractivity contribution in [3.8, 4) is 0 Å². The number of carbonyl (C=O) groups excluding carboxylic acids is 1. The molecule has 0 bridgehead atoms. The van der Waals surface area contributed by atoms with Gasteiger partial charge in [0.2, 0.25) is 5.91 Å². The highest BCUT2D eigenvalue weighted by Crippen LogP contribution is 2.32. The molecule has 0 heterocycles. The van der Waals surface area contributed by atoms with E-state index in [9.17, 15) is 14.7 Å². The van der Waals surface area contributed by atoms with E-state index >= 15 is 0 Å². The van der Waals surface area contributed by atoms with Crippen LogP contribution in [0.4, 0.5) is 0 Å². The lowest BCUT2D eigenvalue weighted by atomic mass is 9.76. The largest absolute Gasteiger partial charge is 0.480 e. The molecule has 1 rings (SSSR count). The average molecular weight is 256 g/mol. The first-order valence-electron chi connectivity index (χ1n) is 6.67. The Hall–Kier alpha value is -1.10.